The predicted molar refractivity (Wildman–Crippen MR) is 535 cm³/mol. The summed E-state index contributed by atoms with van der Waals surface area (Å²) in [6, 6.07) is 39.4. The van der Waals surface area contributed by atoms with Gasteiger partial charge in [0.15, 0.2) is 45.5 Å². The largest absolute Gasteiger partial charge is 0.456 e. The highest BCUT2D eigenvalue weighted by Gasteiger charge is 2.35. The number of aryl methyl sites for hydroxylation is 6. The second kappa shape index (κ2) is 37.2. The van der Waals surface area contributed by atoms with Gasteiger partial charge >= 0.3 is 0 Å². The van der Waals surface area contributed by atoms with E-state index in [0.29, 0.717) is 156 Å². The Hall–Kier alpha value is -12.5. The van der Waals surface area contributed by atoms with Crippen LogP contribution in [-0.4, -0.2) is 0 Å². The van der Waals surface area contributed by atoms with Gasteiger partial charge in [0.05, 0.1) is 54.0 Å². The van der Waals surface area contributed by atoms with Crippen LogP contribution in [0.1, 0.15) is 324 Å². The fourth-order valence-electron chi connectivity index (χ4n) is 20.5. The van der Waals surface area contributed by atoms with Crippen molar-refractivity contribution in [1.82, 2.24) is 0 Å². The molecule has 4 aliphatic rings. The van der Waals surface area contributed by atoms with Crippen LogP contribution in [0.3, 0.4) is 0 Å². The zero-order valence-corrected chi connectivity index (χ0v) is 78.4. The quantitative estimate of drug-likeness (QED) is 0.0954. The molecule has 4 fully saturated rings. The molecule has 0 unspecified atom stereocenters. The minimum Gasteiger partial charge on any atom is -0.456 e. The van der Waals surface area contributed by atoms with Crippen LogP contribution in [0.2, 0.25) is 0 Å². The summed E-state index contributed by atoms with van der Waals surface area (Å²) in [5, 5.41) is 7.14. The van der Waals surface area contributed by atoms with Gasteiger partial charge in [-0.3, -0.25) is 0 Å². The van der Waals surface area contributed by atoms with E-state index >= 15 is 0 Å². The van der Waals surface area contributed by atoms with Crippen LogP contribution in [0.5, 0.6) is 0 Å². The van der Waals surface area contributed by atoms with E-state index < -0.39 is 55.0 Å². The van der Waals surface area contributed by atoms with Crippen molar-refractivity contribution in [2.45, 2.75) is 273 Å². The number of hydrogen-bond acceptors (Lipinski definition) is 4. The van der Waals surface area contributed by atoms with Crippen LogP contribution >= 0.6 is 0 Å². The first-order valence-electron chi connectivity index (χ1n) is 54.7. The number of fused-ring (bicyclic) bond motifs is 12. The number of hydrogen-bond donors (Lipinski definition) is 0. The van der Waals surface area contributed by atoms with E-state index in [0.717, 1.165) is 224 Å². The van der Waals surface area contributed by atoms with Gasteiger partial charge in [-0.25, -0.2) is 19.4 Å². The third-order valence-electron chi connectivity index (χ3n) is 28.1. The van der Waals surface area contributed by atoms with E-state index in [4.69, 9.17) is 61.8 Å². The van der Waals surface area contributed by atoms with Gasteiger partial charge in [-0.1, -0.05) is 216 Å². The van der Waals surface area contributed by atoms with Crippen molar-refractivity contribution >= 4 is 111 Å². The second-order valence-corrected chi connectivity index (χ2v) is 36.9. The first-order valence-corrected chi connectivity index (χ1v) is 46.2. The van der Waals surface area contributed by atoms with Crippen LogP contribution in [0.25, 0.3) is 152 Å². The molecule has 8 heterocycles. The van der Waals surface area contributed by atoms with Gasteiger partial charge in [0.1, 0.15) is 72.9 Å². The van der Waals surface area contributed by atoms with Crippen molar-refractivity contribution in [3.63, 3.8) is 0 Å². The standard InChI is InChI=1S/3C30H33N2O.C28H29N2O/c3*1-18(2)22-16-20(4)32(6)26(17-22)27-19(3)12-13-23-24-14-15-25(31-5)28(30(24)33-29(23)27)21-10-8-7-9-11-21;1-17-15-19(3)30(5)24(16-17)25-18(2)11-12-21-22-13-14-23(29-4)26(28(22)31-27(21)25)20-9-7-6-8-10-20/h3*12-18,21H,7-11H2,1-4,6H3;11-16,20H,6-10H2,1-3,5H3/q4*+1/i16D,17D,18D,21D;1D3,2D3,18D,21D;18D,21D;15D,16D,20D. The maximum atomic E-state index is 9.36. The lowest BCUT2D eigenvalue weighted by Gasteiger charge is -2.23. The zero-order chi connectivity index (χ0) is 106. The average Bonchev–Trinajstić information content (AvgIpc) is 1.62. The first kappa shape index (κ1) is 70.4. The van der Waals surface area contributed by atoms with Crippen molar-refractivity contribution in [2.75, 3.05) is 0 Å². The van der Waals surface area contributed by atoms with E-state index in [9.17, 15) is 5.48 Å². The number of pyridine rings is 4. The molecule has 16 aromatic rings. The molecular weight excluding hydrogens is 1590 g/mol. The molecule has 0 spiro atoms. The summed E-state index contributed by atoms with van der Waals surface area (Å²) in [4.78, 5) is 15.2. The Balaban J connectivity index is 0.000000134. The molecule has 4 saturated carbocycles. The van der Waals surface area contributed by atoms with Gasteiger partial charge in [0.2, 0.25) is 22.8 Å². The topological polar surface area (TPSA) is 85.5 Å². The van der Waals surface area contributed by atoms with Crippen LogP contribution in [-0.2, 0) is 28.2 Å². The summed E-state index contributed by atoms with van der Waals surface area (Å²) in [5.41, 5.74) is 24.6. The molecule has 0 radical (unpaired) electrons. The monoisotopic (exact) mass is 1740 g/mol. The highest BCUT2D eigenvalue weighted by atomic mass is 16.3. The van der Waals surface area contributed by atoms with Crippen molar-refractivity contribution in [3.8, 4) is 45.0 Å². The van der Waals surface area contributed by atoms with Crippen LogP contribution in [0.15, 0.2) is 163 Å². The van der Waals surface area contributed by atoms with Crippen molar-refractivity contribution in [3.05, 3.63) is 281 Å². The normalized spacial score (nSPS) is 18.2. The second-order valence-electron chi connectivity index (χ2n) is 36.9. The predicted octanol–water partition coefficient (Wildman–Crippen LogP) is 32.8. The van der Waals surface area contributed by atoms with E-state index in [2.05, 4.69) is 69.1 Å². The highest BCUT2D eigenvalue weighted by molar-refractivity contribution is 6.15. The molecule has 8 aromatic carbocycles. The summed E-state index contributed by atoms with van der Waals surface area (Å²) in [5.74, 6) is -8.11. The van der Waals surface area contributed by atoms with E-state index in [1.54, 1.807) is 33.9 Å². The Bertz CT molecular complexity index is 8250. The molecular formula is C118H128N8O4+4. The van der Waals surface area contributed by atoms with Gasteiger partial charge in [0, 0.05) is 159 Å². The van der Waals surface area contributed by atoms with Gasteiger partial charge in [-0.05, 0) is 172 Å². The number of furan rings is 4. The number of rotatable bonds is 11. The fourth-order valence-corrected chi connectivity index (χ4v) is 20.5. The maximum Gasteiger partial charge on any atom is 0.216 e. The van der Waals surface area contributed by atoms with Crippen LogP contribution < -0.4 is 18.3 Å². The molecule has 0 bridgehead atoms. The summed E-state index contributed by atoms with van der Waals surface area (Å²) in [6.45, 7) is 49.7. The Morgan fingerprint density at radius 3 is 0.846 bits per heavy atom. The third kappa shape index (κ3) is 16.4. The minimum atomic E-state index is -3.12. The molecule has 0 atom stereocenters. The highest BCUT2D eigenvalue weighted by Crippen LogP contribution is 2.53. The van der Waals surface area contributed by atoms with Gasteiger partial charge in [-0.15, -0.1) is 0 Å². The SMILES string of the molecule is [2H]C(C)(C)c1cc(C)[n+](C)c(-c2c(C)ccc3c2oc2c(C4([2H])CCCCC4)c([N+]#[C-])ccc23)c1.[2H]C1(c2c([N+]#[C-])ccc3c2oc2c(-c4cc(C([2H])(C([2H])([2H])[2H])C([2H])([2H])[2H])cc(C)[n+]4C)c(C)ccc23)CCCCC1.[2H]c1c(C([2H])(C)C)c([2H])c(-c2c(C)ccc3c2oc2c(C4([2H])CCCCC4)c([N+]#[C-])ccc23)[n+](C)c1C.[2H]c1c(C)c([2H])c(-c2c(C)ccc3c2oc2c(C4([2H])CCCCC4)c([N+]#[C-])ccc23)[n+](C)c1C. The van der Waals surface area contributed by atoms with Crippen molar-refractivity contribution in [2.24, 2.45) is 28.2 Å². The molecule has 130 heavy (non-hydrogen) atoms. The molecule has 8 aromatic heterocycles. The molecule has 4 aliphatic carbocycles. The van der Waals surface area contributed by atoms with Crippen molar-refractivity contribution in [1.29, 1.82) is 0 Å². The summed E-state index contributed by atoms with van der Waals surface area (Å²) in [6.07, 6.45) is 17.8. The Kier molecular flexibility index (Phi) is 20.1. The Morgan fingerprint density at radius 1 is 0.308 bits per heavy atom. The van der Waals surface area contributed by atoms with Gasteiger partial charge < -0.3 is 17.7 Å². The third-order valence-corrected chi connectivity index (χ3v) is 28.1. The molecule has 12 nitrogen and oxygen atoms in total. The average molecular weight is 1740 g/mol. The van der Waals surface area contributed by atoms with E-state index in [1.165, 1.54) is 12.1 Å². The lowest BCUT2D eigenvalue weighted by atomic mass is 9.82. The molecule has 12 heteroatoms. The maximum absolute atomic E-state index is 9.36. The first-order chi connectivity index (χ1) is 69.2. The molecule has 0 N–H and O–H groups in total. The summed E-state index contributed by atoms with van der Waals surface area (Å²) >= 11 is 0. The number of aromatic nitrogens is 4. The van der Waals surface area contributed by atoms with E-state index in [-0.39, 0.29) is 17.6 Å². The van der Waals surface area contributed by atoms with Gasteiger partial charge in [0.25, 0.3) is 0 Å². The Morgan fingerprint density at radius 2 is 0.562 bits per heavy atom. The molecule has 20 rings (SSSR count). The summed E-state index contributed by atoms with van der Waals surface area (Å²) in [7, 11) is 7.60. The summed E-state index contributed by atoms with van der Waals surface area (Å²) < 4.78 is 181. The lowest BCUT2D eigenvalue weighted by Crippen LogP contribution is -2.35. The lowest BCUT2D eigenvalue weighted by molar-refractivity contribution is -0.666. The zero-order valence-electron chi connectivity index (χ0n) is 95.4. The van der Waals surface area contributed by atoms with Crippen molar-refractivity contribution < 1.29 is 59.2 Å². The van der Waals surface area contributed by atoms with Crippen LogP contribution in [0.4, 0.5) is 22.7 Å². The van der Waals surface area contributed by atoms with Gasteiger partial charge in [-0.2, -0.15) is 18.3 Å². The number of nitrogens with zero attached hydrogens (tertiary/aromatic N) is 8. The smallest absolute Gasteiger partial charge is 0.216 e. The Labute approximate surface area is 793 Å². The number of benzene rings is 8. The molecule has 0 amide bonds. The van der Waals surface area contributed by atoms with E-state index in [1.807, 2.05) is 162 Å². The molecule has 0 saturated heterocycles. The fraction of sp³-hybridized carbons (Fsp3) is 0.390. The minimum absolute atomic E-state index is 0.126. The molecule has 660 valence electrons. The van der Waals surface area contributed by atoms with Crippen LogP contribution in [0, 0.1) is 88.6 Å². The molecule has 0 aliphatic heterocycles.